The summed E-state index contributed by atoms with van der Waals surface area (Å²) in [6, 6.07) is 17.1. The maximum atomic E-state index is 11.2. The number of aromatic carboxylic acids is 1. The third-order valence-corrected chi connectivity index (χ3v) is 4.50. The van der Waals surface area contributed by atoms with Crippen molar-refractivity contribution < 1.29 is 14.7 Å². The molecule has 0 amide bonds. The van der Waals surface area contributed by atoms with Crippen LogP contribution < -0.4 is 0 Å². The minimum absolute atomic E-state index is 0.287. The van der Waals surface area contributed by atoms with Gasteiger partial charge in [0.05, 0.1) is 11.8 Å². The number of carboxylic acid groups (broad SMARTS) is 1. The molecule has 1 heterocycles. The van der Waals surface area contributed by atoms with Crippen LogP contribution in [0.1, 0.15) is 38.4 Å². The van der Waals surface area contributed by atoms with E-state index in [-0.39, 0.29) is 5.56 Å². The van der Waals surface area contributed by atoms with E-state index in [2.05, 4.69) is 9.72 Å². The molecule has 3 rings (SSSR count). The van der Waals surface area contributed by atoms with Crippen LogP contribution in [0, 0.1) is 20.8 Å². The van der Waals surface area contributed by atoms with E-state index in [1.54, 1.807) is 18.3 Å². The van der Waals surface area contributed by atoms with E-state index < -0.39 is 5.97 Å². The fourth-order valence-corrected chi connectivity index (χ4v) is 3.11. The zero-order chi connectivity index (χ0) is 19.4. The molecule has 0 fully saturated rings. The lowest BCUT2D eigenvalue weighted by Crippen LogP contribution is -2.04. The summed E-state index contributed by atoms with van der Waals surface area (Å²) in [4.78, 5) is 16.5. The number of benzene rings is 2. The average molecular weight is 362 g/mol. The van der Waals surface area contributed by atoms with Crippen molar-refractivity contribution in [1.29, 1.82) is 0 Å². The van der Waals surface area contributed by atoms with Crippen molar-refractivity contribution in [2.75, 3.05) is 0 Å². The molecule has 1 N–H and O–H groups in total. The molecule has 0 aliphatic carbocycles. The predicted octanol–water partition coefficient (Wildman–Crippen LogP) is 4.65. The number of nitrogens with zero attached hydrogens (tertiary/aromatic N) is 2. The van der Waals surface area contributed by atoms with Crippen LogP contribution in [-0.2, 0) is 11.4 Å². The number of hydrogen-bond donors (Lipinski definition) is 1. The Labute approximate surface area is 158 Å². The normalized spacial score (nSPS) is 11.1. The van der Waals surface area contributed by atoms with Gasteiger partial charge in [-0.3, -0.25) is 0 Å². The van der Waals surface area contributed by atoms with E-state index in [1.165, 1.54) is 0 Å². The third kappa shape index (κ3) is 4.08. The van der Waals surface area contributed by atoms with E-state index >= 15 is 0 Å². The number of rotatable bonds is 6. The summed E-state index contributed by atoms with van der Waals surface area (Å²) < 4.78 is 2.10. The molecule has 5 nitrogen and oxygen atoms in total. The molecule has 0 spiro atoms. The van der Waals surface area contributed by atoms with Crippen LogP contribution in [0.4, 0.5) is 0 Å². The number of aromatic nitrogens is 1. The first kappa shape index (κ1) is 18.5. The largest absolute Gasteiger partial charge is 0.478 e. The highest BCUT2D eigenvalue weighted by Gasteiger charge is 2.13. The van der Waals surface area contributed by atoms with E-state index in [0.717, 1.165) is 33.8 Å². The molecular formula is C22H22N2O3. The number of aryl methyl sites for hydroxylation is 2. The first-order valence-electron chi connectivity index (χ1n) is 8.70. The molecule has 0 atom stereocenters. The van der Waals surface area contributed by atoms with Gasteiger partial charge in [0.15, 0.2) is 0 Å². The molecule has 0 bridgehead atoms. The first-order valence-corrected chi connectivity index (χ1v) is 8.70. The van der Waals surface area contributed by atoms with E-state index in [1.807, 2.05) is 63.2 Å². The molecule has 0 aliphatic rings. The van der Waals surface area contributed by atoms with Gasteiger partial charge in [-0.2, -0.15) is 0 Å². The molecule has 2 aromatic carbocycles. The van der Waals surface area contributed by atoms with Gasteiger partial charge in [0, 0.05) is 22.6 Å². The molecule has 0 unspecified atom stereocenters. The van der Waals surface area contributed by atoms with Gasteiger partial charge < -0.3 is 14.5 Å². The van der Waals surface area contributed by atoms with Gasteiger partial charge in [-0.05, 0) is 56.2 Å². The predicted molar refractivity (Wildman–Crippen MR) is 106 cm³/mol. The Bertz CT molecular complexity index is 988. The second-order valence-corrected chi connectivity index (χ2v) is 6.46. The van der Waals surface area contributed by atoms with Crippen molar-refractivity contribution in [2.45, 2.75) is 27.4 Å². The van der Waals surface area contributed by atoms with Gasteiger partial charge in [0.1, 0.15) is 6.61 Å². The summed E-state index contributed by atoms with van der Waals surface area (Å²) in [5, 5.41) is 13.2. The standard InChI is InChI=1S/C22H22N2O3/c1-15-11-19(22(25)26)9-10-21(15)24-16(2)12-20(17(24)3)13-23-27-14-18-7-5-4-6-8-18/h4-13H,14H2,1-3H3,(H,25,26)/b23-13-. The SMILES string of the molecule is Cc1cc(C(=O)O)ccc1-n1c(C)cc(/C=N\OCc2ccccc2)c1C. The molecule has 3 aromatic rings. The van der Waals surface area contributed by atoms with Crippen molar-refractivity contribution in [3.05, 3.63) is 88.2 Å². The number of carbonyl (C=O) groups is 1. The van der Waals surface area contributed by atoms with Crippen LogP contribution in [0.2, 0.25) is 0 Å². The lowest BCUT2D eigenvalue weighted by atomic mass is 10.1. The Kier molecular flexibility index (Phi) is 5.41. The van der Waals surface area contributed by atoms with Crippen molar-refractivity contribution in [1.82, 2.24) is 4.57 Å². The molecule has 1 aromatic heterocycles. The topological polar surface area (TPSA) is 63.8 Å². The maximum absolute atomic E-state index is 11.2. The van der Waals surface area contributed by atoms with Crippen LogP contribution in [0.3, 0.4) is 0 Å². The minimum atomic E-state index is -0.922. The third-order valence-electron chi connectivity index (χ3n) is 4.50. The Morgan fingerprint density at radius 1 is 1.11 bits per heavy atom. The highest BCUT2D eigenvalue weighted by atomic mass is 16.6. The average Bonchev–Trinajstić information content (AvgIpc) is 2.93. The van der Waals surface area contributed by atoms with E-state index in [9.17, 15) is 4.79 Å². The van der Waals surface area contributed by atoms with Crippen molar-refractivity contribution in [2.24, 2.45) is 5.16 Å². The minimum Gasteiger partial charge on any atom is -0.478 e. The summed E-state index contributed by atoms with van der Waals surface area (Å²) in [5.41, 5.74) is 6.24. The lowest BCUT2D eigenvalue weighted by molar-refractivity contribution is 0.0697. The number of carboxylic acids is 1. The van der Waals surface area contributed by atoms with Crippen LogP contribution in [0.15, 0.2) is 59.8 Å². The molecule has 5 heteroatoms. The smallest absolute Gasteiger partial charge is 0.335 e. The zero-order valence-electron chi connectivity index (χ0n) is 15.6. The number of oxime groups is 1. The van der Waals surface area contributed by atoms with Crippen LogP contribution in [-0.4, -0.2) is 21.9 Å². The Morgan fingerprint density at radius 3 is 2.52 bits per heavy atom. The van der Waals surface area contributed by atoms with Gasteiger partial charge in [-0.1, -0.05) is 35.5 Å². The van der Waals surface area contributed by atoms with Crippen LogP contribution >= 0.6 is 0 Å². The summed E-state index contributed by atoms with van der Waals surface area (Å²) in [6.45, 7) is 6.36. The van der Waals surface area contributed by atoms with E-state index in [0.29, 0.717) is 6.61 Å². The summed E-state index contributed by atoms with van der Waals surface area (Å²) >= 11 is 0. The molecular weight excluding hydrogens is 340 g/mol. The summed E-state index contributed by atoms with van der Waals surface area (Å²) in [6.07, 6.45) is 1.71. The second-order valence-electron chi connectivity index (χ2n) is 6.46. The fraction of sp³-hybridized carbons (Fsp3) is 0.182. The van der Waals surface area contributed by atoms with Crippen LogP contribution in [0.5, 0.6) is 0 Å². The molecule has 0 radical (unpaired) electrons. The quantitative estimate of drug-likeness (QED) is 0.513. The van der Waals surface area contributed by atoms with Gasteiger partial charge in [-0.15, -0.1) is 0 Å². The maximum Gasteiger partial charge on any atom is 0.335 e. The van der Waals surface area contributed by atoms with Crippen LogP contribution in [0.25, 0.3) is 5.69 Å². The Morgan fingerprint density at radius 2 is 1.85 bits per heavy atom. The van der Waals surface area contributed by atoms with E-state index in [4.69, 9.17) is 9.94 Å². The zero-order valence-corrected chi connectivity index (χ0v) is 15.6. The van der Waals surface area contributed by atoms with Gasteiger partial charge in [0.25, 0.3) is 0 Å². The first-order chi connectivity index (χ1) is 13.0. The van der Waals surface area contributed by atoms with Gasteiger partial charge in [-0.25, -0.2) is 4.79 Å². The highest BCUT2D eigenvalue weighted by Crippen LogP contribution is 2.23. The fourth-order valence-electron chi connectivity index (χ4n) is 3.11. The molecule has 0 saturated carbocycles. The van der Waals surface area contributed by atoms with Crippen molar-refractivity contribution >= 4 is 12.2 Å². The number of hydrogen-bond acceptors (Lipinski definition) is 3. The lowest BCUT2D eigenvalue weighted by Gasteiger charge is -2.13. The van der Waals surface area contributed by atoms with Gasteiger partial charge >= 0.3 is 5.97 Å². The second kappa shape index (κ2) is 7.91. The molecule has 0 aliphatic heterocycles. The molecule has 0 saturated heterocycles. The van der Waals surface area contributed by atoms with Crippen molar-refractivity contribution in [3.8, 4) is 5.69 Å². The highest BCUT2D eigenvalue weighted by molar-refractivity contribution is 5.88. The Hall–Kier alpha value is -3.34. The molecule has 138 valence electrons. The Balaban J connectivity index is 1.80. The monoisotopic (exact) mass is 362 g/mol. The summed E-state index contributed by atoms with van der Waals surface area (Å²) in [7, 11) is 0. The van der Waals surface area contributed by atoms with Crippen molar-refractivity contribution in [3.63, 3.8) is 0 Å². The summed E-state index contributed by atoms with van der Waals surface area (Å²) in [5.74, 6) is -0.922. The van der Waals surface area contributed by atoms with Gasteiger partial charge in [0.2, 0.25) is 0 Å². The molecule has 27 heavy (non-hydrogen) atoms.